The van der Waals surface area contributed by atoms with Crippen molar-refractivity contribution in [3.05, 3.63) is 41.5 Å². The highest BCUT2D eigenvalue weighted by Crippen LogP contribution is 2.25. The summed E-state index contributed by atoms with van der Waals surface area (Å²) < 4.78 is 10.9. The first-order valence-electron chi connectivity index (χ1n) is 5.23. The number of benzene rings is 1. The van der Waals surface area contributed by atoms with Gasteiger partial charge < -0.3 is 9.47 Å². The standard InChI is InChI=1S/C13H16O2/c1-3-4-13-7-10-5-6-12(14-2)8-11(10)9-15-13/h3-6,8,13H,7,9H2,1-2H3/b4-3+. The summed E-state index contributed by atoms with van der Waals surface area (Å²) in [5.74, 6) is 0.904. The fourth-order valence-corrected chi connectivity index (χ4v) is 1.87. The fraction of sp³-hybridized carbons (Fsp3) is 0.385. The van der Waals surface area contributed by atoms with Gasteiger partial charge in [-0.25, -0.2) is 0 Å². The molecule has 1 atom stereocenters. The van der Waals surface area contributed by atoms with Crippen LogP contribution in [-0.4, -0.2) is 13.2 Å². The summed E-state index contributed by atoms with van der Waals surface area (Å²) in [5.41, 5.74) is 2.61. The zero-order valence-corrected chi connectivity index (χ0v) is 9.19. The zero-order chi connectivity index (χ0) is 10.7. The largest absolute Gasteiger partial charge is 0.497 e. The van der Waals surface area contributed by atoms with Gasteiger partial charge in [0.15, 0.2) is 0 Å². The fourth-order valence-electron chi connectivity index (χ4n) is 1.87. The van der Waals surface area contributed by atoms with E-state index in [1.165, 1.54) is 11.1 Å². The van der Waals surface area contributed by atoms with Crippen molar-refractivity contribution in [2.24, 2.45) is 0 Å². The third kappa shape index (κ3) is 2.21. The lowest BCUT2D eigenvalue weighted by atomic mass is 9.98. The van der Waals surface area contributed by atoms with Crippen molar-refractivity contribution < 1.29 is 9.47 Å². The third-order valence-corrected chi connectivity index (χ3v) is 2.69. The van der Waals surface area contributed by atoms with Crippen LogP contribution in [0.1, 0.15) is 18.1 Å². The Morgan fingerprint density at radius 2 is 2.27 bits per heavy atom. The lowest BCUT2D eigenvalue weighted by Crippen LogP contribution is -2.20. The molecule has 0 aromatic heterocycles. The Labute approximate surface area is 90.5 Å². The summed E-state index contributed by atoms with van der Waals surface area (Å²) in [5, 5.41) is 0. The van der Waals surface area contributed by atoms with E-state index in [9.17, 15) is 0 Å². The van der Waals surface area contributed by atoms with E-state index in [1.807, 2.05) is 19.1 Å². The Morgan fingerprint density at radius 3 is 3.00 bits per heavy atom. The molecule has 2 rings (SSSR count). The minimum absolute atomic E-state index is 0.232. The van der Waals surface area contributed by atoms with Crippen LogP contribution in [0.3, 0.4) is 0 Å². The molecule has 1 aliphatic heterocycles. The average Bonchev–Trinajstić information content (AvgIpc) is 2.29. The molecule has 1 aliphatic rings. The highest BCUT2D eigenvalue weighted by Gasteiger charge is 2.16. The molecule has 15 heavy (non-hydrogen) atoms. The van der Waals surface area contributed by atoms with Crippen LogP contribution in [0.25, 0.3) is 0 Å². The summed E-state index contributed by atoms with van der Waals surface area (Å²) in [6.45, 7) is 2.70. The summed E-state index contributed by atoms with van der Waals surface area (Å²) in [6.07, 6.45) is 5.34. The Morgan fingerprint density at radius 1 is 1.40 bits per heavy atom. The molecule has 0 spiro atoms. The highest BCUT2D eigenvalue weighted by atomic mass is 16.5. The number of fused-ring (bicyclic) bond motifs is 1. The van der Waals surface area contributed by atoms with Gasteiger partial charge in [0.1, 0.15) is 5.75 Å². The second kappa shape index (κ2) is 4.49. The van der Waals surface area contributed by atoms with Crippen LogP contribution in [-0.2, 0) is 17.8 Å². The predicted octanol–water partition coefficient (Wildman–Crippen LogP) is 2.71. The van der Waals surface area contributed by atoms with Crippen LogP contribution >= 0.6 is 0 Å². The summed E-state index contributed by atoms with van der Waals surface area (Å²) in [6, 6.07) is 6.20. The van der Waals surface area contributed by atoms with Crippen LogP contribution in [0.2, 0.25) is 0 Å². The Hall–Kier alpha value is -1.28. The lowest BCUT2D eigenvalue weighted by Gasteiger charge is -2.23. The second-order valence-corrected chi connectivity index (χ2v) is 3.71. The molecular formula is C13H16O2. The van der Waals surface area contributed by atoms with Crippen molar-refractivity contribution in [1.82, 2.24) is 0 Å². The quantitative estimate of drug-likeness (QED) is 0.690. The Kier molecular flexibility index (Phi) is 3.07. The van der Waals surface area contributed by atoms with Crippen LogP contribution < -0.4 is 4.74 Å². The van der Waals surface area contributed by atoms with E-state index in [1.54, 1.807) is 7.11 Å². The van der Waals surface area contributed by atoms with Gasteiger partial charge in [-0.05, 0) is 30.2 Å². The van der Waals surface area contributed by atoms with Gasteiger partial charge in [0.25, 0.3) is 0 Å². The van der Waals surface area contributed by atoms with Gasteiger partial charge in [-0.1, -0.05) is 18.2 Å². The summed E-state index contributed by atoms with van der Waals surface area (Å²) >= 11 is 0. The maximum atomic E-state index is 5.70. The van der Waals surface area contributed by atoms with Gasteiger partial charge in [0, 0.05) is 6.42 Å². The third-order valence-electron chi connectivity index (χ3n) is 2.69. The molecular weight excluding hydrogens is 188 g/mol. The molecule has 2 heteroatoms. The number of ether oxygens (including phenoxy) is 2. The minimum atomic E-state index is 0.232. The molecule has 1 aromatic carbocycles. The first-order valence-corrected chi connectivity index (χ1v) is 5.23. The van der Waals surface area contributed by atoms with Gasteiger partial charge >= 0.3 is 0 Å². The van der Waals surface area contributed by atoms with Gasteiger partial charge in [-0.3, -0.25) is 0 Å². The summed E-state index contributed by atoms with van der Waals surface area (Å²) in [4.78, 5) is 0. The molecule has 0 saturated carbocycles. The predicted molar refractivity (Wildman–Crippen MR) is 60.1 cm³/mol. The SMILES string of the molecule is C/C=C/C1Cc2ccc(OC)cc2CO1. The molecule has 0 fully saturated rings. The highest BCUT2D eigenvalue weighted by molar-refractivity contribution is 5.37. The normalized spacial score (nSPS) is 20.3. The van der Waals surface area contributed by atoms with Gasteiger partial charge in [0.2, 0.25) is 0 Å². The lowest BCUT2D eigenvalue weighted by molar-refractivity contribution is 0.0593. The van der Waals surface area contributed by atoms with Crippen LogP contribution in [0.5, 0.6) is 5.75 Å². The number of hydrogen-bond acceptors (Lipinski definition) is 2. The van der Waals surface area contributed by atoms with E-state index in [0.29, 0.717) is 6.61 Å². The van der Waals surface area contributed by atoms with Crippen molar-refractivity contribution in [1.29, 1.82) is 0 Å². The van der Waals surface area contributed by atoms with Crippen molar-refractivity contribution >= 4 is 0 Å². The number of allylic oxidation sites excluding steroid dienone is 1. The van der Waals surface area contributed by atoms with Crippen LogP contribution in [0.4, 0.5) is 0 Å². The maximum absolute atomic E-state index is 5.70. The van der Waals surface area contributed by atoms with Crippen molar-refractivity contribution in [3.8, 4) is 5.75 Å². The van der Waals surface area contributed by atoms with E-state index in [0.717, 1.165) is 12.2 Å². The van der Waals surface area contributed by atoms with Crippen molar-refractivity contribution in [3.63, 3.8) is 0 Å². The monoisotopic (exact) mass is 204 g/mol. The molecule has 0 aliphatic carbocycles. The van der Waals surface area contributed by atoms with E-state index >= 15 is 0 Å². The van der Waals surface area contributed by atoms with Crippen molar-refractivity contribution in [2.75, 3.05) is 7.11 Å². The first-order chi connectivity index (χ1) is 7.33. The van der Waals surface area contributed by atoms with Gasteiger partial charge in [0.05, 0.1) is 19.8 Å². The molecule has 0 amide bonds. The van der Waals surface area contributed by atoms with E-state index in [-0.39, 0.29) is 6.10 Å². The molecule has 0 radical (unpaired) electrons. The van der Waals surface area contributed by atoms with Crippen LogP contribution in [0, 0.1) is 0 Å². The van der Waals surface area contributed by atoms with E-state index in [2.05, 4.69) is 18.2 Å². The first kappa shape index (κ1) is 10.2. The van der Waals surface area contributed by atoms with E-state index < -0.39 is 0 Å². The molecule has 1 unspecified atom stereocenters. The molecule has 0 saturated heterocycles. The molecule has 80 valence electrons. The summed E-state index contributed by atoms with van der Waals surface area (Å²) in [7, 11) is 1.69. The van der Waals surface area contributed by atoms with E-state index in [4.69, 9.17) is 9.47 Å². The molecule has 0 N–H and O–H groups in total. The number of rotatable bonds is 2. The number of methoxy groups -OCH3 is 1. The second-order valence-electron chi connectivity index (χ2n) is 3.71. The smallest absolute Gasteiger partial charge is 0.119 e. The molecule has 2 nitrogen and oxygen atoms in total. The average molecular weight is 204 g/mol. The molecule has 1 heterocycles. The minimum Gasteiger partial charge on any atom is -0.497 e. The van der Waals surface area contributed by atoms with Crippen LogP contribution in [0.15, 0.2) is 30.4 Å². The van der Waals surface area contributed by atoms with Gasteiger partial charge in [-0.15, -0.1) is 0 Å². The van der Waals surface area contributed by atoms with Gasteiger partial charge in [-0.2, -0.15) is 0 Å². The molecule has 1 aromatic rings. The Balaban J connectivity index is 2.20. The van der Waals surface area contributed by atoms with Crippen molar-refractivity contribution in [2.45, 2.75) is 26.1 Å². The Bertz CT molecular complexity index is 369. The zero-order valence-electron chi connectivity index (χ0n) is 9.19. The number of hydrogen-bond donors (Lipinski definition) is 0. The maximum Gasteiger partial charge on any atom is 0.119 e. The molecule has 0 bridgehead atoms. The topological polar surface area (TPSA) is 18.5 Å².